The van der Waals surface area contributed by atoms with E-state index in [-0.39, 0.29) is 11.9 Å². The van der Waals surface area contributed by atoms with E-state index in [4.69, 9.17) is 9.72 Å². The number of methoxy groups -OCH3 is 1. The number of anilines is 1. The second-order valence-electron chi connectivity index (χ2n) is 8.76. The molecular weight excluding hydrogens is 456 g/mol. The van der Waals surface area contributed by atoms with E-state index in [1.165, 1.54) is 11.5 Å². The van der Waals surface area contributed by atoms with Gasteiger partial charge < -0.3 is 14.5 Å². The molecule has 0 spiro atoms. The Bertz CT molecular complexity index is 1290. The van der Waals surface area contributed by atoms with Crippen LogP contribution in [0.2, 0.25) is 0 Å². The highest BCUT2D eigenvalue weighted by molar-refractivity contribution is 7.09. The lowest BCUT2D eigenvalue weighted by molar-refractivity contribution is 0.0674. The molecule has 1 atom stereocenters. The highest BCUT2D eigenvalue weighted by atomic mass is 32.1. The summed E-state index contributed by atoms with van der Waals surface area (Å²) in [6, 6.07) is 26.2. The molecule has 7 heteroatoms. The molecule has 1 fully saturated rings. The van der Waals surface area contributed by atoms with Crippen molar-refractivity contribution >= 4 is 22.6 Å². The van der Waals surface area contributed by atoms with E-state index < -0.39 is 0 Å². The summed E-state index contributed by atoms with van der Waals surface area (Å²) in [7, 11) is 1.67. The normalized spacial score (nSPS) is 15.8. The van der Waals surface area contributed by atoms with Gasteiger partial charge in [0.2, 0.25) is 5.13 Å². The maximum Gasteiger partial charge on any atom is 0.254 e. The van der Waals surface area contributed by atoms with Crippen molar-refractivity contribution in [2.45, 2.75) is 19.4 Å². The van der Waals surface area contributed by atoms with E-state index in [2.05, 4.69) is 34.4 Å². The number of hydrogen-bond donors (Lipinski definition) is 0. The number of nitrogens with zero attached hydrogens (tertiary/aromatic N) is 4. The first-order chi connectivity index (χ1) is 17.1. The Balaban J connectivity index is 1.21. The van der Waals surface area contributed by atoms with Crippen LogP contribution in [-0.2, 0) is 6.42 Å². The van der Waals surface area contributed by atoms with Gasteiger partial charge >= 0.3 is 0 Å². The summed E-state index contributed by atoms with van der Waals surface area (Å²) in [6.45, 7) is 4.24. The fraction of sp³-hybridized carbons (Fsp3) is 0.250. The third-order valence-corrected chi connectivity index (χ3v) is 7.17. The lowest BCUT2D eigenvalue weighted by Crippen LogP contribution is -2.54. The van der Waals surface area contributed by atoms with Gasteiger partial charge in [0.1, 0.15) is 11.6 Å². The zero-order valence-corrected chi connectivity index (χ0v) is 20.7. The molecule has 1 amide bonds. The van der Waals surface area contributed by atoms with E-state index >= 15 is 0 Å². The predicted molar refractivity (Wildman–Crippen MR) is 140 cm³/mol. The summed E-state index contributed by atoms with van der Waals surface area (Å²) in [4.78, 5) is 22.2. The molecule has 2 heterocycles. The van der Waals surface area contributed by atoms with Gasteiger partial charge in [-0.2, -0.15) is 4.37 Å². The third-order valence-electron chi connectivity index (χ3n) is 6.35. The van der Waals surface area contributed by atoms with Crippen LogP contribution in [0.1, 0.15) is 28.7 Å². The second kappa shape index (κ2) is 10.3. The molecule has 1 saturated heterocycles. The van der Waals surface area contributed by atoms with E-state index in [1.54, 1.807) is 7.11 Å². The van der Waals surface area contributed by atoms with Gasteiger partial charge in [0.05, 0.1) is 7.11 Å². The van der Waals surface area contributed by atoms with Gasteiger partial charge in [0.15, 0.2) is 0 Å². The lowest BCUT2D eigenvalue weighted by atomic mass is 10.0. The number of rotatable bonds is 6. The molecule has 1 aliphatic heterocycles. The second-order valence-corrected chi connectivity index (χ2v) is 9.49. The SMILES string of the molecule is COc1cccc(Cc2nsc(N3CCN(C(=O)c4ccc(-c5ccccc5)cc4)C(C)C3)n2)c1. The molecule has 178 valence electrons. The first kappa shape index (κ1) is 23.1. The summed E-state index contributed by atoms with van der Waals surface area (Å²) >= 11 is 1.42. The van der Waals surface area contributed by atoms with Crippen molar-refractivity contribution in [1.82, 2.24) is 14.3 Å². The van der Waals surface area contributed by atoms with Crippen molar-refractivity contribution in [2.24, 2.45) is 0 Å². The quantitative estimate of drug-likeness (QED) is 0.379. The van der Waals surface area contributed by atoms with Gasteiger partial charge in [0.25, 0.3) is 5.91 Å². The first-order valence-electron chi connectivity index (χ1n) is 11.8. The average Bonchev–Trinajstić information content (AvgIpc) is 3.37. The smallest absolute Gasteiger partial charge is 0.254 e. The van der Waals surface area contributed by atoms with Crippen LogP contribution in [0, 0.1) is 0 Å². The van der Waals surface area contributed by atoms with Gasteiger partial charge in [-0.15, -0.1) is 0 Å². The monoisotopic (exact) mass is 484 g/mol. The number of hydrogen-bond acceptors (Lipinski definition) is 6. The minimum Gasteiger partial charge on any atom is -0.497 e. The zero-order valence-electron chi connectivity index (χ0n) is 19.9. The number of carbonyl (C=O) groups is 1. The van der Waals surface area contributed by atoms with Crippen LogP contribution >= 0.6 is 11.5 Å². The van der Waals surface area contributed by atoms with Crippen LogP contribution in [0.4, 0.5) is 5.13 Å². The minimum absolute atomic E-state index is 0.0766. The summed E-state index contributed by atoms with van der Waals surface area (Å²) in [5, 5.41) is 0.911. The van der Waals surface area contributed by atoms with Crippen molar-refractivity contribution in [3.63, 3.8) is 0 Å². The molecule has 0 bridgehead atoms. The molecule has 35 heavy (non-hydrogen) atoms. The van der Waals surface area contributed by atoms with Gasteiger partial charge in [-0.25, -0.2) is 4.98 Å². The molecular formula is C28H28N4O2S. The van der Waals surface area contributed by atoms with E-state index in [0.717, 1.165) is 52.0 Å². The number of amides is 1. The van der Waals surface area contributed by atoms with Crippen LogP contribution in [-0.4, -0.2) is 53.0 Å². The Morgan fingerprint density at radius 1 is 1.00 bits per heavy atom. The van der Waals surface area contributed by atoms with Crippen LogP contribution in [0.15, 0.2) is 78.9 Å². The molecule has 5 rings (SSSR count). The largest absolute Gasteiger partial charge is 0.497 e. The molecule has 0 aliphatic carbocycles. The fourth-order valence-electron chi connectivity index (χ4n) is 4.44. The van der Waals surface area contributed by atoms with Crippen LogP contribution in [0.5, 0.6) is 5.75 Å². The van der Waals surface area contributed by atoms with Gasteiger partial charge in [-0.05, 0) is 47.9 Å². The van der Waals surface area contributed by atoms with Crippen molar-refractivity contribution in [1.29, 1.82) is 0 Å². The molecule has 4 aromatic rings. The standard InChI is InChI=1S/C28H28N4O2S/c1-20-19-31(28-29-26(30-35-28)18-21-7-6-10-25(17-21)34-2)15-16-32(20)27(33)24-13-11-23(12-14-24)22-8-4-3-5-9-22/h3-14,17,20H,15-16,18-19H2,1-2H3. The molecule has 1 aliphatic rings. The maximum absolute atomic E-state index is 13.2. The van der Waals surface area contributed by atoms with Crippen molar-refractivity contribution < 1.29 is 9.53 Å². The van der Waals surface area contributed by atoms with Crippen molar-refractivity contribution in [2.75, 3.05) is 31.6 Å². The van der Waals surface area contributed by atoms with Gasteiger partial charge in [-0.1, -0.05) is 54.6 Å². The molecule has 3 aromatic carbocycles. The lowest BCUT2D eigenvalue weighted by Gasteiger charge is -2.39. The summed E-state index contributed by atoms with van der Waals surface area (Å²) in [5.74, 6) is 1.72. The number of piperazine rings is 1. The summed E-state index contributed by atoms with van der Waals surface area (Å²) in [5.41, 5.74) is 4.11. The first-order valence-corrected chi connectivity index (χ1v) is 12.5. The molecule has 0 N–H and O–H groups in total. The minimum atomic E-state index is 0.0766. The number of carbonyl (C=O) groups excluding carboxylic acids is 1. The van der Waals surface area contributed by atoms with E-state index in [1.807, 2.05) is 65.6 Å². The van der Waals surface area contributed by atoms with Crippen molar-refractivity contribution in [3.05, 3.63) is 95.8 Å². The Morgan fingerprint density at radius 3 is 2.51 bits per heavy atom. The maximum atomic E-state index is 13.2. The number of aromatic nitrogens is 2. The number of ether oxygens (including phenoxy) is 1. The Morgan fingerprint density at radius 2 is 1.77 bits per heavy atom. The highest BCUT2D eigenvalue weighted by Crippen LogP contribution is 2.25. The van der Waals surface area contributed by atoms with E-state index in [9.17, 15) is 4.79 Å². The van der Waals surface area contributed by atoms with Crippen LogP contribution < -0.4 is 9.64 Å². The van der Waals surface area contributed by atoms with Crippen molar-refractivity contribution in [3.8, 4) is 16.9 Å². The molecule has 0 saturated carbocycles. The Labute approximate surface area is 210 Å². The summed E-state index contributed by atoms with van der Waals surface area (Å²) < 4.78 is 9.88. The van der Waals surface area contributed by atoms with Crippen LogP contribution in [0.3, 0.4) is 0 Å². The highest BCUT2D eigenvalue weighted by Gasteiger charge is 2.29. The summed E-state index contributed by atoms with van der Waals surface area (Å²) in [6.07, 6.45) is 0.667. The van der Waals surface area contributed by atoms with Gasteiger partial charge in [0, 0.05) is 49.2 Å². The van der Waals surface area contributed by atoms with Gasteiger partial charge in [-0.3, -0.25) is 4.79 Å². The molecule has 1 aromatic heterocycles. The zero-order chi connectivity index (χ0) is 24.2. The number of benzene rings is 3. The van der Waals surface area contributed by atoms with E-state index in [0.29, 0.717) is 13.0 Å². The Kier molecular flexibility index (Phi) is 6.77. The predicted octanol–water partition coefficient (Wildman–Crippen LogP) is 5.16. The van der Waals surface area contributed by atoms with Crippen LogP contribution in [0.25, 0.3) is 11.1 Å². The molecule has 6 nitrogen and oxygen atoms in total. The molecule has 1 unspecified atom stereocenters. The fourth-order valence-corrected chi connectivity index (χ4v) is 5.16. The third kappa shape index (κ3) is 5.20. The topological polar surface area (TPSA) is 58.6 Å². The Hall–Kier alpha value is -3.71. The average molecular weight is 485 g/mol. The molecule has 0 radical (unpaired) electrons.